The molecule has 4 heteroatoms. The summed E-state index contributed by atoms with van der Waals surface area (Å²) in [7, 11) is 0. The molecule has 2 aromatic rings. The van der Waals surface area contributed by atoms with Crippen molar-refractivity contribution < 1.29 is 5.11 Å². The molecule has 0 amide bonds. The SMILES string of the molecule is Cc1cc(C)c(C#N)c(SCC(O)c2ccccc2)n1. The fourth-order valence-corrected chi connectivity index (χ4v) is 3.04. The van der Waals surface area contributed by atoms with Crippen LogP contribution in [0.5, 0.6) is 0 Å². The average molecular weight is 284 g/mol. The van der Waals surface area contributed by atoms with E-state index in [0.29, 0.717) is 16.3 Å². The third-order valence-electron chi connectivity index (χ3n) is 2.99. The third kappa shape index (κ3) is 3.38. The summed E-state index contributed by atoms with van der Waals surface area (Å²) in [6, 6.07) is 13.6. The fourth-order valence-electron chi connectivity index (χ4n) is 1.97. The van der Waals surface area contributed by atoms with Crippen molar-refractivity contribution in [2.75, 3.05) is 5.75 Å². The summed E-state index contributed by atoms with van der Waals surface area (Å²) in [5.74, 6) is 0.481. The van der Waals surface area contributed by atoms with Crippen molar-refractivity contribution in [1.82, 2.24) is 4.98 Å². The van der Waals surface area contributed by atoms with Gasteiger partial charge in [-0.3, -0.25) is 0 Å². The van der Waals surface area contributed by atoms with Crippen LogP contribution in [-0.2, 0) is 0 Å². The number of aromatic nitrogens is 1. The van der Waals surface area contributed by atoms with E-state index < -0.39 is 6.10 Å². The molecule has 0 aliphatic rings. The van der Waals surface area contributed by atoms with E-state index in [9.17, 15) is 10.4 Å². The monoisotopic (exact) mass is 284 g/mol. The number of aliphatic hydroxyl groups is 1. The van der Waals surface area contributed by atoms with Crippen LogP contribution in [0.1, 0.15) is 28.5 Å². The summed E-state index contributed by atoms with van der Waals surface area (Å²) in [6.07, 6.45) is -0.560. The van der Waals surface area contributed by atoms with E-state index in [0.717, 1.165) is 16.8 Å². The van der Waals surface area contributed by atoms with Gasteiger partial charge in [0.25, 0.3) is 0 Å². The van der Waals surface area contributed by atoms with Gasteiger partial charge in [0.15, 0.2) is 0 Å². The van der Waals surface area contributed by atoms with E-state index in [2.05, 4.69) is 11.1 Å². The number of hydrogen-bond acceptors (Lipinski definition) is 4. The van der Waals surface area contributed by atoms with Crippen LogP contribution in [0.4, 0.5) is 0 Å². The lowest BCUT2D eigenvalue weighted by Crippen LogP contribution is -2.02. The zero-order chi connectivity index (χ0) is 14.5. The molecular formula is C16H16N2OS. The predicted octanol–water partition coefficient (Wildman–Crippen LogP) is 3.40. The molecule has 2 rings (SSSR count). The van der Waals surface area contributed by atoms with Crippen LogP contribution >= 0.6 is 11.8 Å². The second-order valence-corrected chi connectivity index (χ2v) is 5.62. The average Bonchev–Trinajstić information content (AvgIpc) is 2.45. The molecule has 1 atom stereocenters. The number of pyridine rings is 1. The summed E-state index contributed by atoms with van der Waals surface area (Å²) in [5, 5.41) is 20.1. The summed E-state index contributed by atoms with van der Waals surface area (Å²) in [6.45, 7) is 3.82. The molecule has 0 spiro atoms. The van der Waals surface area contributed by atoms with Gasteiger partial charge in [0.1, 0.15) is 11.1 Å². The lowest BCUT2D eigenvalue weighted by atomic mass is 10.1. The molecular weight excluding hydrogens is 268 g/mol. The first kappa shape index (κ1) is 14.6. The number of thioether (sulfide) groups is 1. The second-order valence-electron chi connectivity index (χ2n) is 4.61. The van der Waals surface area contributed by atoms with Gasteiger partial charge in [-0.05, 0) is 31.0 Å². The Balaban J connectivity index is 2.14. The first-order chi connectivity index (χ1) is 9.61. The van der Waals surface area contributed by atoms with Crippen LogP contribution in [0.3, 0.4) is 0 Å². The number of aliphatic hydroxyl groups excluding tert-OH is 1. The van der Waals surface area contributed by atoms with Gasteiger partial charge in [0.05, 0.1) is 11.7 Å². The minimum absolute atomic E-state index is 0.481. The van der Waals surface area contributed by atoms with Crippen molar-refractivity contribution in [3.63, 3.8) is 0 Å². The molecule has 0 saturated heterocycles. The molecule has 1 unspecified atom stereocenters. The molecule has 1 aromatic carbocycles. The molecule has 0 aliphatic heterocycles. The van der Waals surface area contributed by atoms with E-state index in [4.69, 9.17) is 0 Å². The van der Waals surface area contributed by atoms with Crippen LogP contribution in [0.25, 0.3) is 0 Å². The van der Waals surface area contributed by atoms with Crippen molar-refractivity contribution >= 4 is 11.8 Å². The number of benzene rings is 1. The Bertz CT molecular complexity index is 635. The van der Waals surface area contributed by atoms with E-state index in [1.165, 1.54) is 11.8 Å². The van der Waals surface area contributed by atoms with Crippen molar-refractivity contribution in [2.45, 2.75) is 25.0 Å². The second kappa shape index (κ2) is 6.56. The van der Waals surface area contributed by atoms with Gasteiger partial charge in [-0.1, -0.05) is 30.3 Å². The molecule has 1 heterocycles. The zero-order valence-corrected chi connectivity index (χ0v) is 12.3. The quantitative estimate of drug-likeness (QED) is 0.874. The third-order valence-corrected chi connectivity index (χ3v) is 4.04. The number of aryl methyl sites for hydroxylation is 2. The molecule has 0 saturated carbocycles. The van der Waals surface area contributed by atoms with Gasteiger partial charge in [-0.25, -0.2) is 4.98 Å². The molecule has 20 heavy (non-hydrogen) atoms. The molecule has 1 aromatic heterocycles. The topological polar surface area (TPSA) is 56.9 Å². The van der Waals surface area contributed by atoms with Crippen molar-refractivity contribution in [1.29, 1.82) is 5.26 Å². The number of rotatable bonds is 4. The molecule has 0 radical (unpaired) electrons. The lowest BCUT2D eigenvalue weighted by molar-refractivity contribution is 0.204. The van der Waals surface area contributed by atoms with Gasteiger partial charge >= 0.3 is 0 Å². The van der Waals surface area contributed by atoms with Gasteiger partial charge < -0.3 is 5.11 Å². The van der Waals surface area contributed by atoms with E-state index in [1.807, 2.05) is 50.2 Å². The van der Waals surface area contributed by atoms with Crippen molar-refractivity contribution in [3.05, 3.63) is 58.8 Å². The molecule has 1 N–H and O–H groups in total. The minimum Gasteiger partial charge on any atom is -0.388 e. The number of hydrogen-bond donors (Lipinski definition) is 1. The molecule has 0 fully saturated rings. The summed E-state index contributed by atoms with van der Waals surface area (Å²) in [5.41, 5.74) is 3.29. The maximum Gasteiger partial charge on any atom is 0.114 e. The highest BCUT2D eigenvalue weighted by molar-refractivity contribution is 7.99. The Morgan fingerprint density at radius 1 is 1.30 bits per heavy atom. The van der Waals surface area contributed by atoms with Gasteiger partial charge in [-0.2, -0.15) is 5.26 Å². The largest absolute Gasteiger partial charge is 0.388 e. The Hall–Kier alpha value is -1.83. The first-order valence-corrected chi connectivity index (χ1v) is 7.34. The fraction of sp³-hybridized carbons (Fsp3) is 0.250. The van der Waals surface area contributed by atoms with Crippen LogP contribution in [-0.4, -0.2) is 15.8 Å². The highest BCUT2D eigenvalue weighted by atomic mass is 32.2. The van der Waals surface area contributed by atoms with Crippen LogP contribution in [0, 0.1) is 25.2 Å². The van der Waals surface area contributed by atoms with Crippen molar-refractivity contribution in [3.8, 4) is 6.07 Å². The summed E-state index contributed by atoms with van der Waals surface area (Å²) in [4.78, 5) is 4.40. The molecule has 0 bridgehead atoms. The Morgan fingerprint density at radius 3 is 2.65 bits per heavy atom. The molecule has 0 aliphatic carbocycles. The van der Waals surface area contributed by atoms with Gasteiger partial charge in [-0.15, -0.1) is 11.8 Å². The van der Waals surface area contributed by atoms with E-state index in [-0.39, 0.29) is 0 Å². The van der Waals surface area contributed by atoms with Gasteiger partial charge in [0.2, 0.25) is 0 Å². The Kier molecular flexibility index (Phi) is 4.78. The Morgan fingerprint density at radius 2 is 2.00 bits per heavy atom. The summed E-state index contributed by atoms with van der Waals surface area (Å²) < 4.78 is 0. The normalized spacial score (nSPS) is 11.9. The standard InChI is InChI=1S/C16H16N2OS/c1-11-8-12(2)18-16(14(11)9-17)20-10-15(19)13-6-4-3-5-7-13/h3-8,15,19H,10H2,1-2H3. The lowest BCUT2D eigenvalue weighted by Gasteiger charge is -2.12. The predicted molar refractivity (Wildman–Crippen MR) is 80.6 cm³/mol. The number of nitrogens with zero attached hydrogens (tertiary/aromatic N) is 2. The molecule has 3 nitrogen and oxygen atoms in total. The van der Waals surface area contributed by atoms with Crippen LogP contribution in [0.2, 0.25) is 0 Å². The smallest absolute Gasteiger partial charge is 0.114 e. The van der Waals surface area contributed by atoms with Crippen LogP contribution in [0.15, 0.2) is 41.4 Å². The minimum atomic E-state index is -0.560. The summed E-state index contributed by atoms with van der Waals surface area (Å²) >= 11 is 1.42. The Labute approximate surface area is 123 Å². The van der Waals surface area contributed by atoms with Crippen LogP contribution < -0.4 is 0 Å². The van der Waals surface area contributed by atoms with E-state index >= 15 is 0 Å². The highest BCUT2D eigenvalue weighted by Gasteiger charge is 2.13. The molecule has 102 valence electrons. The maximum absolute atomic E-state index is 10.2. The maximum atomic E-state index is 10.2. The zero-order valence-electron chi connectivity index (χ0n) is 11.5. The van der Waals surface area contributed by atoms with Gasteiger partial charge in [0, 0.05) is 11.4 Å². The highest BCUT2D eigenvalue weighted by Crippen LogP contribution is 2.27. The van der Waals surface area contributed by atoms with Crippen molar-refractivity contribution in [2.24, 2.45) is 0 Å². The number of nitriles is 1. The van der Waals surface area contributed by atoms with E-state index in [1.54, 1.807) is 0 Å². The first-order valence-electron chi connectivity index (χ1n) is 6.36.